The normalized spacial score (nSPS) is 11.3. The van der Waals surface area contributed by atoms with Gasteiger partial charge in [-0.2, -0.15) is 0 Å². The first-order valence-electron chi connectivity index (χ1n) is 7.39. The molecule has 4 aromatic rings. The topological polar surface area (TPSA) is 59.8 Å². The Balaban J connectivity index is 1.87. The lowest BCUT2D eigenvalue weighted by atomic mass is 10.0. The lowest BCUT2D eigenvalue weighted by molar-refractivity contribution is 0.704. The van der Waals surface area contributed by atoms with E-state index in [2.05, 4.69) is 29.4 Å². The number of rotatable bonds is 2. The Kier molecular flexibility index (Phi) is 2.94. The predicted molar refractivity (Wildman–Crippen MR) is 90.8 cm³/mol. The molecular weight excluding hydrogens is 290 g/mol. The fraction of sp³-hybridized carbons (Fsp3) is 0.111. The molecule has 0 bridgehead atoms. The summed E-state index contributed by atoms with van der Waals surface area (Å²) in [6.07, 6.45) is 3.48. The third kappa shape index (κ3) is 2.17. The molecule has 0 saturated heterocycles. The van der Waals surface area contributed by atoms with Crippen molar-refractivity contribution in [2.24, 2.45) is 7.05 Å². The van der Waals surface area contributed by atoms with E-state index in [1.165, 1.54) is 15.5 Å². The van der Waals surface area contributed by atoms with Gasteiger partial charge in [-0.05, 0) is 16.3 Å². The van der Waals surface area contributed by atoms with Gasteiger partial charge in [-0.15, -0.1) is 0 Å². The van der Waals surface area contributed by atoms with Gasteiger partial charge in [0.05, 0.1) is 10.8 Å². The fourth-order valence-electron chi connectivity index (χ4n) is 3.02. The van der Waals surface area contributed by atoms with Crippen LogP contribution in [-0.2, 0) is 13.6 Å². The highest BCUT2D eigenvalue weighted by atomic mass is 16.2. The van der Waals surface area contributed by atoms with Crippen molar-refractivity contribution >= 4 is 21.5 Å². The van der Waals surface area contributed by atoms with Gasteiger partial charge in [-0.3, -0.25) is 19.4 Å². The quantitative estimate of drug-likeness (QED) is 0.617. The first kappa shape index (κ1) is 13.6. The molecule has 5 heteroatoms. The van der Waals surface area contributed by atoms with Gasteiger partial charge in [0.2, 0.25) is 0 Å². The van der Waals surface area contributed by atoms with Gasteiger partial charge in [0.1, 0.15) is 0 Å². The Bertz CT molecular complexity index is 1140. The lowest BCUT2D eigenvalue weighted by Gasteiger charge is -2.07. The monoisotopic (exact) mass is 305 g/mol. The Morgan fingerprint density at radius 2 is 1.65 bits per heavy atom. The SMILES string of the molecule is Cn1[nH]c(=O)c2cn(Cc3cccc4ccccc34)cc2c1=O. The van der Waals surface area contributed by atoms with Crippen molar-refractivity contribution in [3.05, 3.63) is 81.1 Å². The average Bonchev–Trinajstić information content (AvgIpc) is 2.98. The fourth-order valence-corrected chi connectivity index (χ4v) is 3.02. The van der Waals surface area contributed by atoms with Crippen LogP contribution in [0.4, 0.5) is 0 Å². The molecule has 0 amide bonds. The number of fused-ring (bicyclic) bond motifs is 2. The van der Waals surface area contributed by atoms with Crippen molar-refractivity contribution in [3.8, 4) is 0 Å². The minimum atomic E-state index is -0.251. The van der Waals surface area contributed by atoms with E-state index in [-0.39, 0.29) is 11.1 Å². The van der Waals surface area contributed by atoms with E-state index in [1.807, 2.05) is 22.8 Å². The summed E-state index contributed by atoms with van der Waals surface area (Å²) in [5.41, 5.74) is 0.701. The second-order valence-corrected chi connectivity index (χ2v) is 5.70. The van der Waals surface area contributed by atoms with Crippen LogP contribution in [0.3, 0.4) is 0 Å². The van der Waals surface area contributed by atoms with Crippen molar-refractivity contribution in [1.29, 1.82) is 0 Å². The van der Waals surface area contributed by atoms with Gasteiger partial charge in [-0.1, -0.05) is 42.5 Å². The Morgan fingerprint density at radius 3 is 2.52 bits per heavy atom. The van der Waals surface area contributed by atoms with Crippen LogP contribution in [-0.4, -0.2) is 14.3 Å². The summed E-state index contributed by atoms with van der Waals surface area (Å²) in [7, 11) is 1.55. The van der Waals surface area contributed by atoms with E-state index < -0.39 is 0 Å². The molecule has 0 aliphatic carbocycles. The zero-order chi connectivity index (χ0) is 16.0. The van der Waals surface area contributed by atoms with Crippen molar-refractivity contribution < 1.29 is 0 Å². The number of aromatic amines is 1. The molecule has 0 fully saturated rings. The molecule has 23 heavy (non-hydrogen) atoms. The Morgan fingerprint density at radius 1 is 0.913 bits per heavy atom. The molecule has 0 unspecified atom stereocenters. The molecule has 0 aliphatic rings. The standard InChI is InChI=1S/C18H15N3O2/c1-20-18(23)16-11-21(10-15(16)17(22)19-20)9-13-7-4-6-12-5-2-3-8-14(12)13/h2-8,10-11H,9H2,1H3,(H,19,22). The van der Waals surface area contributed by atoms with Crippen molar-refractivity contribution in [3.63, 3.8) is 0 Å². The van der Waals surface area contributed by atoms with Gasteiger partial charge in [0.15, 0.2) is 0 Å². The second-order valence-electron chi connectivity index (χ2n) is 5.70. The summed E-state index contributed by atoms with van der Waals surface area (Å²) in [5.74, 6) is 0. The van der Waals surface area contributed by atoms with Crippen molar-refractivity contribution in [2.45, 2.75) is 6.54 Å². The van der Waals surface area contributed by atoms with E-state index in [4.69, 9.17) is 0 Å². The second kappa shape index (κ2) is 4.98. The van der Waals surface area contributed by atoms with Crippen LogP contribution in [0, 0.1) is 0 Å². The minimum absolute atomic E-state index is 0.198. The Hall–Kier alpha value is -3.08. The maximum Gasteiger partial charge on any atom is 0.274 e. The Labute approximate surface area is 131 Å². The number of hydrogen-bond donors (Lipinski definition) is 1. The number of H-pyrrole nitrogens is 1. The van der Waals surface area contributed by atoms with Crippen LogP contribution in [0.5, 0.6) is 0 Å². The zero-order valence-corrected chi connectivity index (χ0v) is 12.6. The molecule has 4 rings (SSSR count). The third-order valence-corrected chi connectivity index (χ3v) is 4.16. The molecule has 0 spiro atoms. The van der Waals surface area contributed by atoms with E-state index >= 15 is 0 Å². The minimum Gasteiger partial charge on any atom is -0.348 e. The number of benzene rings is 2. The van der Waals surface area contributed by atoms with E-state index in [0.717, 1.165) is 5.56 Å². The molecule has 2 aromatic heterocycles. The maximum absolute atomic E-state index is 12.1. The van der Waals surface area contributed by atoms with Crippen molar-refractivity contribution in [2.75, 3.05) is 0 Å². The molecule has 0 aliphatic heterocycles. The molecular formula is C18H15N3O2. The largest absolute Gasteiger partial charge is 0.348 e. The predicted octanol–water partition coefficient (Wildman–Crippen LogP) is 2.23. The smallest absolute Gasteiger partial charge is 0.274 e. The van der Waals surface area contributed by atoms with Gasteiger partial charge in [-0.25, -0.2) is 0 Å². The molecule has 114 valence electrons. The van der Waals surface area contributed by atoms with Crippen LogP contribution in [0.1, 0.15) is 5.56 Å². The number of nitrogens with zero attached hydrogens (tertiary/aromatic N) is 2. The van der Waals surface area contributed by atoms with Crippen LogP contribution in [0.2, 0.25) is 0 Å². The molecule has 1 N–H and O–H groups in total. The van der Waals surface area contributed by atoms with Gasteiger partial charge in [0, 0.05) is 26.0 Å². The summed E-state index contributed by atoms with van der Waals surface area (Å²) in [4.78, 5) is 24.1. The maximum atomic E-state index is 12.1. The number of hydrogen-bond acceptors (Lipinski definition) is 2. The molecule has 2 heterocycles. The highest BCUT2D eigenvalue weighted by molar-refractivity contribution is 5.86. The summed E-state index contributed by atoms with van der Waals surface area (Å²) >= 11 is 0. The highest BCUT2D eigenvalue weighted by Gasteiger charge is 2.09. The molecule has 0 radical (unpaired) electrons. The summed E-state index contributed by atoms with van der Waals surface area (Å²) in [6.45, 7) is 0.610. The number of nitrogens with one attached hydrogen (secondary N) is 1. The van der Waals surface area contributed by atoms with E-state index in [0.29, 0.717) is 17.3 Å². The summed E-state index contributed by atoms with van der Waals surface area (Å²) < 4.78 is 3.11. The lowest BCUT2D eigenvalue weighted by Crippen LogP contribution is -2.26. The van der Waals surface area contributed by atoms with Crippen LogP contribution >= 0.6 is 0 Å². The number of aromatic nitrogens is 3. The van der Waals surface area contributed by atoms with Gasteiger partial charge < -0.3 is 4.57 Å². The van der Waals surface area contributed by atoms with Gasteiger partial charge >= 0.3 is 0 Å². The molecule has 2 aromatic carbocycles. The third-order valence-electron chi connectivity index (χ3n) is 4.16. The van der Waals surface area contributed by atoms with Crippen molar-refractivity contribution in [1.82, 2.24) is 14.3 Å². The van der Waals surface area contributed by atoms with E-state index in [1.54, 1.807) is 19.4 Å². The average molecular weight is 305 g/mol. The van der Waals surface area contributed by atoms with Gasteiger partial charge in [0.25, 0.3) is 11.1 Å². The number of aryl methyl sites for hydroxylation is 1. The summed E-state index contributed by atoms with van der Waals surface area (Å²) in [6, 6.07) is 14.3. The molecule has 0 atom stereocenters. The van der Waals surface area contributed by atoms with Crippen LogP contribution in [0.25, 0.3) is 21.5 Å². The summed E-state index contributed by atoms with van der Waals surface area (Å²) in [5, 5.41) is 5.74. The van der Waals surface area contributed by atoms with Crippen LogP contribution < -0.4 is 11.1 Å². The van der Waals surface area contributed by atoms with Crippen LogP contribution in [0.15, 0.2) is 64.4 Å². The van der Waals surface area contributed by atoms with E-state index in [9.17, 15) is 9.59 Å². The highest BCUT2D eigenvalue weighted by Crippen LogP contribution is 2.20. The zero-order valence-electron chi connectivity index (χ0n) is 12.6. The first-order valence-corrected chi connectivity index (χ1v) is 7.39. The molecule has 0 saturated carbocycles. The first-order chi connectivity index (χ1) is 11.1. The molecule has 5 nitrogen and oxygen atoms in total.